The van der Waals surface area contributed by atoms with E-state index < -0.39 is 16.1 Å². The molecule has 0 amide bonds. The molecule has 0 atom stereocenters. The Morgan fingerprint density at radius 3 is 2.23 bits per heavy atom. The first-order chi connectivity index (χ1) is 12.3. The topological polar surface area (TPSA) is 104 Å². The molecule has 7 nitrogen and oxygen atoms in total. The predicted molar refractivity (Wildman–Crippen MR) is 96.1 cm³/mol. The molecular formula is C17H13ClN3O4S. The highest BCUT2D eigenvalue weighted by Crippen LogP contribution is 2.31. The first-order valence-electron chi connectivity index (χ1n) is 7.29. The zero-order chi connectivity index (χ0) is 18.9. The Kier molecular flexibility index (Phi) is 4.82. The van der Waals surface area contributed by atoms with Gasteiger partial charge in [0.15, 0.2) is 0 Å². The maximum absolute atomic E-state index is 11.8. The van der Waals surface area contributed by atoms with Crippen LogP contribution in [0, 0.1) is 6.20 Å². The van der Waals surface area contributed by atoms with Gasteiger partial charge < -0.3 is 4.74 Å². The highest BCUT2D eigenvalue weighted by molar-refractivity contribution is 7.89. The predicted octanol–water partition coefficient (Wildman–Crippen LogP) is 2.93. The van der Waals surface area contributed by atoms with E-state index in [1.807, 2.05) is 0 Å². The summed E-state index contributed by atoms with van der Waals surface area (Å²) in [6, 6.07) is 12.8. The SMILES string of the molecule is COC(=O)n1[c]c(-c2ccc(Cl)cc2)c(-c2ccc(S(N)(=O)=O)cc2)n1. The summed E-state index contributed by atoms with van der Waals surface area (Å²) in [5.41, 5.74) is 2.28. The zero-order valence-electron chi connectivity index (χ0n) is 13.5. The molecule has 0 aliphatic heterocycles. The van der Waals surface area contributed by atoms with Crippen LogP contribution in [0.15, 0.2) is 53.4 Å². The third-order valence-corrected chi connectivity index (χ3v) is 4.77. The number of carbonyl (C=O) groups excluding carboxylic acids is 1. The number of benzene rings is 2. The highest BCUT2D eigenvalue weighted by atomic mass is 35.5. The van der Waals surface area contributed by atoms with Crippen molar-refractivity contribution in [2.24, 2.45) is 5.14 Å². The quantitative estimate of drug-likeness (QED) is 0.740. The van der Waals surface area contributed by atoms with Gasteiger partial charge in [0.25, 0.3) is 0 Å². The van der Waals surface area contributed by atoms with Gasteiger partial charge in [-0.1, -0.05) is 35.9 Å². The van der Waals surface area contributed by atoms with Gasteiger partial charge in [0.2, 0.25) is 10.0 Å². The Balaban J connectivity index is 2.14. The number of primary sulfonamides is 1. The summed E-state index contributed by atoms with van der Waals surface area (Å²) in [6.07, 6.45) is 2.16. The van der Waals surface area contributed by atoms with Crippen molar-refractivity contribution < 1.29 is 17.9 Å². The number of hydrogen-bond acceptors (Lipinski definition) is 5. The second-order valence-corrected chi connectivity index (χ2v) is 7.29. The molecule has 2 N–H and O–H groups in total. The average molecular weight is 391 g/mol. The van der Waals surface area contributed by atoms with Crippen molar-refractivity contribution in [3.63, 3.8) is 0 Å². The lowest BCUT2D eigenvalue weighted by Gasteiger charge is -2.04. The van der Waals surface area contributed by atoms with Crippen LogP contribution in [0.25, 0.3) is 22.4 Å². The Hall–Kier alpha value is -2.68. The van der Waals surface area contributed by atoms with Crippen LogP contribution >= 0.6 is 11.6 Å². The fourth-order valence-corrected chi connectivity index (χ4v) is 2.97. The van der Waals surface area contributed by atoms with Crippen molar-refractivity contribution >= 4 is 27.7 Å². The van der Waals surface area contributed by atoms with E-state index in [-0.39, 0.29) is 4.90 Å². The van der Waals surface area contributed by atoms with Crippen molar-refractivity contribution in [2.45, 2.75) is 4.90 Å². The molecule has 3 aromatic rings. The summed E-state index contributed by atoms with van der Waals surface area (Å²) in [4.78, 5) is 11.8. The van der Waals surface area contributed by atoms with Crippen molar-refractivity contribution in [1.29, 1.82) is 0 Å². The molecule has 3 rings (SSSR count). The molecule has 0 fully saturated rings. The number of nitrogens with zero attached hydrogens (tertiary/aromatic N) is 2. The summed E-state index contributed by atoms with van der Waals surface area (Å²) in [6.45, 7) is 0. The Morgan fingerprint density at radius 1 is 1.12 bits per heavy atom. The maximum Gasteiger partial charge on any atom is 0.435 e. The van der Waals surface area contributed by atoms with Gasteiger partial charge in [0.1, 0.15) is 11.9 Å². The Morgan fingerprint density at radius 2 is 1.69 bits per heavy atom. The first kappa shape index (κ1) is 18.1. The summed E-state index contributed by atoms with van der Waals surface area (Å²) < 4.78 is 28.4. The second kappa shape index (κ2) is 6.91. The molecule has 26 heavy (non-hydrogen) atoms. The van der Waals surface area contributed by atoms with Crippen LogP contribution in [0.4, 0.5) is 4.79 Å². The number of aromatic nitrogens is 2. The fraction of sp³-hybridized carbons (Fsp3) is 0.0588. The smallest absolute Gasteiger partial charge is 0.435 e. The molecule has 0 unspecified atom stereocenters. The lowest BCUT2D eigenvalue weighted by Crippen LogP contribution is -2.12. The van der Waals surface area contributed by atoms with E-state index in [4.69, 9.17) is 16.7 Å². The number of carbonyl (C=O) groups is 1. The van der Waals surface area contributed by atoms with Gasteiger partial charge >= 0.3 is 6.09 Å². The van der Waals surface area contributed by atoms with E-state index in [0.717, 1.165) is 10.2 Å². The van der Waals surface area contributed by atoms with Gasteiger partial charge in [-0.05, 0) is 29.8 Å². The summed E-state index contributed by atoms with van der Waals surface area (Å²) in [5, 5.41) is 9.89. The number of ether oxygens (including phenoxy) is 1. The zero-order valence-corrected chi connectivity index (χ0v) is 15.1. The van der Waals surface area contributed by atoms with E-state index in [1.54, 1.807) is 36.4 Å². The molecule has 2 aromatic carbocycles. The van der Waals surface area contributed by atoms with Crippen LogP contribution < -0.4 is 5.14 Å². The molecule has 1 aromatic heterocycles. The van der Waals surface area contributed by atoms with Crippen LogP contribution in [0.2, 0.25) is 5.02 Å². The Bertz CT molecular complexity index is 1060. The van der Waals surface area contributed by atoms with Crippen LogP contribution in [0.1, 0.15) is 0 Å². The fourth-order valence-electron chi connectivity index (χ4n) is 2.33. The molecule has 1 heterocycles. The molecule has 9 heteroatoms. The molecule has 1 radical (unpaired) electrons. The van der Waals surface area contributed by atoms with Crippen LogP contribution in [0.3, 0.4) is 0 Å². The van der Waals surface area contributed by atoms with Crippen LogP contribution in [-0.2, 0) is 14.8 Å². The highest BCUT2D eigenvalue weighted by Gasteiger charge is 2.18. The second-order valence-electron chi connectivity index (χ2n) is 5.29. The molecule has 133 valence electrons. The summed E-state index contributed by atoms with van der Waals surface area (Å²) in [5.74, 6) is 0. The van der Waals surface area contributed by atoms with Crippen molar-refractivity contribution in [3.8, 4) is 22.4 Å². The van der Waals surface area contributed by atoms with E-state index in [2.05, 4.69) is 16.0 Å². The van der Waals surface area contributed by atoms with Gasteiger partial charge in [-0.15, -0.1) is 0 Å². The van der Waals surface area contributed by atoms with E-state index in [9.17, 15) is 13.2 Å². The Labute approximate surface area is 155 Å². The summed E-state index contributed by atoms with van der Waals surface area (Å²) >= 11 is 5.92. The third-order valence-electron chi connectivity index (χ3n) is 3.59. The van der Waals surface area contributed by atoms with Crippen LogP contribution in [0.5, 0.6) is 0 Å². The van der Waals surface area contributed by atoms with Crippen molar-refractivity contribution in [2.75, 3.05) is 7.11 Å². The molecule has 0 aliphatic rings. The first-order valence-corrected chi connectivity index (χ1v) is 9.22. The summed E-state index contributed by atoms with van der Waals surface area (Å²) in [7, 11) is -2.57. The average Bonchev–Trinajstić information content (AvgIpc) is 3.06. The molecule has 0 spiro atoms. The molecule has 0 aliphatic carbocycles. The lowest BCUT2D eigenvalue weighted by molar-refractivity contribution is 0.169. The normalized spacial score (nSPS) is 11.3. The lowest BCUT2D eigenvalue weighted by atomic mass is 10.0. The number of nitrogens with two attached hydrogens (primary N) is 1. The monoisotopic (exact) mass is 390 g/mol. The van der Waals surface area contributed by atoms with E-state index >= 15 is 0 Å². The number of halogens is 1. The van der Waals surface area contributed by atoms with E-state index in [1.165, 1.54) is 19.2 Å². The van der Waals surface area contributed by atoms with Crippen molar-refractivity contribution in [3.05, 3.63) is 59.8 Å². The molecular weight excluding hydrogens is 378 g/mol. The van der Waals surface area contributed by atoms with Gasteiger partial charge in [0, 0.05) is 16.1 Å². The molecule has 0 bridgehead atoms. The number of sulfonamides is 1. The number of methoxy groups -OCH3 is 1. The van der Waals surface area contributed by atoms with Gasteiger partial charge in [-0.3, -0.25) is 0 Å². The van der Waals surface area contributed by atoms with Gasteiger partial charge in [0.05, 0.1) is 12.0 Å². The standard InChI is InChI=1S/C17H13ClN3O4S/c1-25-17(22)21-10-15(11-2-6-13(18)7-3-11)16(20-21)12-4-8-14(9-5-12)26(19,23)24/h2-9H,1H3,(H2,19,23,24). The minimum absolute atomic E-state index is 0.0225. The van der Waals surface area contributed by atoms with Gasteiger partial charge in [-0.2, -0.15) is 9.78 Å². The minimum atomic E-state index is -3.80. The third kappa shape index (κ3) is 3.62. The molecule has 0 saturated heterocycles. The van der Waals surface area contributed by atoms with Crippen molar-refractivity contribution in [1.82, 2.24) is 9.78 Å². The molecule has 0 saturated carbocycles. The van der Waals surface area contributed by atoms with Crippen LogP contribution in [-0.4, -0.2) is 31.4 Å². The number of rotatable bonds is 3. The number of hydrogen-bond donors (Lipinski definition) is 1. The maximum atomic E-state index is 11.8. The van der Waals surface area contributed by atoms with E-state index in [0.29, 0.717) is 21.8 Å². The minimum Gasteiger partial charge on any atom is -0.451 e. The van der Waals surface area contributed by atoms with Gasteiger partial charge in [-0.25, -0.2) is 18.4 Å². The largest absolute Gasteiger partial charge is 0.451 e.